The highest BCUT2D eigenvalue weighted by molar-refractivity contribution is 5.42. The molecular weight excluding hydrogens is 242 g/mol. The lowest BCUT2D eigenvalue weighted by Crippen LogP contribution is -2.17. The molecule has 1 unspecified atom stereocenters. The van der Waals surface area contributed by atoms with E-state index in [0.29, 0.717) is 12.3 Å². The first kappa shape index (κ1) is 13.5. The zero-order chi connectivity index (χ0) is 13.8. The SMILES string of the molecule is COc1cc(C(C)NCc2ccc(C)o2)ccc1O. The largest absolute Gasteiger partial charge is 0.504 e. The Morgan fingerprint density at radius 2 is 2.11 bits per heavy atom. The molecule has 4 heteroatoms. The van der Waals surface area contributed by atoms with Crippen LogP contribution in [0.4, 0.5) is 0 Å². The number of aryl methyl sites for hydroxylation is 1. The summed E-state index contributed by atoms with van der Waals surface area (Å²) >= 11 is 0. The summed E-state index contributed by atoms with van der Waals surface area (Å²) in [5.74, 6) is 2.46. The molecule has 0 saturated carbocycles. The average molecular weight is 261 g/mol. The molecule has 1 aromatic carbocycles. The second-order valence-corrected chi connectivity index (χ2v) is 4.55. The third-order valence-corrected chi connectivity index (χ3v) is 3.08. The number of nitrogens with one attached hydrogen (secondary N) is 1. The topological polar surface area (TPSA) is 54.6 Å². The van der Waals surface area contributed by atoms with Crippen LogP contribution in [0.25, 0.3) is 0 Å². The van der Waals surface area contributed by atoms with E-state index in [1.807, 2.05) is 31.2 Å². The standard InChI is InChI=1S/C15H19NO3/c1-10-4-6-13(19-10)9-16-11(2)12-5-7-14(17)15(8-12)18-3/h4-8,11,16-17H,9H2,1-3H3. The molecule has 2 N–H and O–H groups in total. The molecule has 0 fully saturated rings. The summed E-state index contributed by atoms with van der Waals surface area (Å²) < 4.78 is 10.6. The molecule has 102 valence electrons. The number of furan rings is 1. The predicted molar refractivity (Wildman–Crippen MR) is 73.4 cm³/mol. The van der Waals surface area contributed by atoms with Gasteiger partial charge in [0.25, 0.3) is 0 Å². The van der Waals surface area contributed by atoms with Gasteiger partial charge in [-0.25, -0.2) is 0 Å². The Morgan fingerprint density at radius 1 is 1.32 bits per heavy atom. The summed E-state index contributed by atoms with van der Waals surface area (Å²) in [7, 11) is 1.54. The number of rotatable bonds is 5. The molecule has 0 aliphatic heterocycles. The Hall–Kier alpha value is -1.94. The average Bonchev–Trinajstić information content (AvgIpc) is 2.82. The molecule has 1 aromatic heterocycles. The Labute approximate surface area is 113 Å². The van der Waals surface area contributed by atoms with Crippen molar-refractivity contribution in [2.75, 3.05) is 7.11 Å². The third kappa shape index (κ3) is 3.29. The van der Waals surface area contributed by atoms with Crippen LogP contribution in [0.1, 0.15) is 30.0 Å². The van der Waals surface area contributed by atoms with E-state index in [9.17, 15) is 5.11 Å². The monoisotopic (exact) mass is 261 g/mol. The predicted octanol–water partition coefficient (Wildman–Crippen LogP) is 3.15. The maximum absolute atomic E-state index is 9.57. The summed E-state index contributed by atoms with van der Waals surface area (Å²) in [4.78, 5) is 0. The van der Waals surface area contributed by atoms with Crippen molar-refractivity contribution in [2.45, 2.75) is 26.4 Å². The van der Waals surface area contributed by atoms with E-state index in [1.165, 1.54) is 0 Å². The quantitative estimate of drug-likeness (QED) is 0.868. The highest BCUT2D eigenvalue weighted by Crippen LogP contribution is 2.28. The van der Waals surface area contributed by atoms with Crippen LogP contribution in [-0.2, 0) is 6.54 Å². The van der Waals surface area contributed by atoms with E-state index < -0.39 is 0 Å². The second-order valence-electron chi connectivity index (χ2n) is 4.55. The zero-order valence-electron chi connectivity index (χ0n) is 11.4. The molecule has 0 spiro atoms. The van der Waals surface area contributed by atoms with Crippen LogP contribution in [0.3, 0.4) is 0 Å². The molecule has 1 heterocycles. The van der Waals surface area contributed by atoms with Gasteiger partial charge in [-0.05, 0) is 43.7 Å². The molecule has 2 rings (SSSR count). The van der Waals surface area contributed by atoms with Crippen molar-refractivity contribution in [1.82, 2.24) is 5.32 Å². The smallest absolute Gasteiger partial charge is 0.160 e. The van der Waals surface area contributed by atoms with Crippen LogP contribution in [0.15, 0.2) is 34.7 Å². The van der Waals surface area contributed by atoms with Gasteiger partial charge in [0, 0.05) is 6.04 Å². The highest BCUT2D eigenvalue weighted by Gasteiger charge is 2.09. The fourth-order valence-electron chi connectivity index (χ4n) is 1.92. The lowest BCUT2D eigenvalue weighted by atomic mass is 10.1. The Balaban J connectivity index is 2.01. The van der Waals surface area contributed by atoms with E-state index in [4.69, 9.17) is 9.15 Å². The van der Waals surface area contributed by atoms with E-state index in [2.05, 4.69) is 12.2 Å². The Kier molecular flexibility index (Phi) is 4.12. The number of hydrogen-bond donors (Lipinski definition) is 2. The van der Waals surface area contributed by atoms with Gasteiger partial charge >= 0.3 is 0 Å². The summed E-state index contributed by atoms with van der Waals surface area (Å²) in [5.41, 5.74) is 1.05. The first-order valence-corrected chi connectivity index (χ1v) is 6.25. The normalized spacial score (nSPS) is 12.4. The molecular formula is C15H19NO3. The Morgan fingerprint density at radius 3 is 2.74 bits per heavy atom. The van der Waals surface area contributed by atoms with E-state index in [1.54, 1.807) is 13.2 Å². The van der Waals surface area contributed by atoms with Crippen LogP contribution in [-0.4, -0.2) is 12.2 Å². The highest BCUT2D eigenvalue weighted by atomic mass is 16.5. The van der Waals surface area contributed by atoms with E-state index in [0.717, 1.165) is 17.1 Å². The van der Waals surface area contributed by atoms with Crippen LogP contribution >= 0.6 is 0 Å². The summed E-state index contributed by atoms with van der Waals surface area (Å²) in [6, 6.07) is 9.41. The number of aromatic hydroxyl groups is 1. The lowest BCUT2D eigenvalue weighted by Gasteiger charge is -2.15. The third-order valence-electron chi connectivity index (χ3n) is 3.08. The molecule has 0 amide bonds. The lowest BCUT2D eigenvalue weighted by molar-refractivity contribution is 0.372. The van der Waals surface area contributed by atoms with Crippen molar-refractivity contribution >= 4 is 0 Å². The van der Waals surface area contributed by atoms with Crippen LogP contribution in [0.5, 0.6) is 11.5 Å². The maximum atomic E-state index is 9.57. The van der Waals surface area contributed by atoms with Crippen molar-refractivity contribution in [3.8, 4) is 11.5 Å². The molecule has 4 nitrogen and oxygen atoms in total. The van der Waals surface area contributed by atoms with Crippen LogP contribution < -0.4 is 10.1 Å². The number of phenols is 1. The van der Waals surface area contributed by atoms with Crippen molar-refractivity contribution in [1.29, 1.82) is 0 Å². The molecule has 0 bridgehead atoms. The van der Waals surface area contributed by atoms with Gasteiger partial charge in [-0.2, -0.15) is 0 Å². The molecule has 1 atom stereocenters. The van der Waals surface area contributed by atoms with Crippen molar-refractivity contribution < 1.29 is 14.3 Å². The minimum atomic E-state index is 0.139. The second kappa shape index (κ2) is 5.80. The van der Waals surface area contributed by atoms with Gasteiger partial charge in [0.2, 0.25) is 0 Å². The number of phenolic OH excluding ortho intramolecular Hbond substituents is 1. The fraction of sp³-hybridized carbons (Fsp3) is 0.333. The minimum Gasteiger partial charge on any atom is -0.504 e. The number of methoxy groups -OCH3 is 1. The first-order chi connectivity index (χ1) is 9.10. The summed E-state index contributed by atoms with van der Waals surface area (Å²) in [6.45, 7) is 4.65. The fourth-order valence-corrected chi connectivity index (χ4v) is 1.92. The molecule has 0 aliphatic carbocycles. The molecule has 19 heavy (non-hydrogen) atoms. The molecule has 0 radical (unpaired) electrons. The zero-order valence-corrected chi connectivity index (χ0v) is 11.4. The van der Waals surface area contributed by atoms with Crippen molar-refractivity contribution in [3.05, 3.63) is 47.4 Å². The van der Waals surface area contributed by atoms with Gasteiger partial charge < -0.3 is 19.6 Å². The van der Waals surface area contributed by atoms with Crippen LogP contribution in [0, 0.1) is 6.92 Å². The number of benzene rings is 1. The van der Waals surface area contributed by atoms with Crippen LogP contribution in [0.2, 0.25) is 0 Å². The van der Waals surface area contributed by atoms with Gasteiger partial charge in [-0.3, -0.25) is 0 Å². The summed E-state index contributed by atoms with van der Waals surface area (Å²) in [6.07, 6.45) is 0. The van der Waals surface area contributed by atoms with E-state index >= 15 is 0 Å². The van der Waals surface area contributed by atoms with Crippen molar-refractivity contribution in [2.24, 2.45) is 0 Å². The van der Waals surface area contributed by atoms with Gasteiger partial charge in [-0.1, -0.05) is 6.07 Å². The van der Waals surface area contributed by atoms with Gasteiger partial charge in [0.15, 0.2) is 11.5 Å². The number of ether oxygens (including phenoxy) is 1. The van der Waals surface area contributed by atoms with Gasteiger partial charge in [-0.15, -0.1) is 0 Å². The minimum absolute atomic E-state index is 0.139. The number of hydrogen-bond acceptors (Lipinski definition) is 4. The first-order valence-electron chi connectivity index (χ1n) is 6.25. The molecule has 0 saturated heterocycles. The molecule has 2 aromatic rings. The van der Waals surface area contributed by atoms with Crippen molar-refractivity contribution in [3.63, 3.8) is 0 Å². The maximum Gasteiger partial charge on any atom is 0.160 e. The van der Waals surface area contributed by atoms with Gasteiger partial charge in [0.05, 0.1) is 13.7 Å². The van der Waals surface area contributed by atoms with E-state index in [-0.39, 0.29) is 11.8 Å². The Bertz CT molecular complexity index is 548. The summed E-state index contributed by atoms with van der Waals surface area (Å²) in [5, 5.41) is 12.9. The molecule has 0 aliphatic rings. The van der Waals surface area contributed by atoms with Gasteiger partial charge in [0.1, 0.15) is 11.5 Å².